The minimum Gasteiger partial charge on any atom is -0.337 e. The summed E-state index contributed by atoms with van der Waals surface area (Å²) in [6.45, 7) is 3.16. The highest BCUT2D eigenvalue weighted by Gasteiger charge is 2.16. The van der Waals surface area contributed by atoms with Gasteiger partial charge >= 0.3 is 0 Å². The number of hydrogen-bond acceptors (Lipinski definition) is 4. The number of sulfonamides is 1. The molecule has 0 heterocycles. The quantitative estimate of drug-likeness (QED) is 0.612. The molecule has 28 heavy (non-hydrogen) atoms. The van der Waals surface area contributed by atoms with Crippen molar-refractivity contribution in [1.29, 1.82) is 0 Å². The molecule has 2 aromatic rings. The molecular weight excluding hydrogens is 398 g/mol. The van der Waals surface area contributed by atoms with E-state index >= 15 is 0 Å². The molecule has 0 fully saturated rings. The Bertz CT molecular complexity index is 845. The van der Waals surface area contributed by atoms with E-state index in [2.05, 4.69) is 4.72 Å². The number of amides is 1. The second-order valence-electron chi connectivity index (χ2n) is 6.32. The fourth-order valence-electron chi connectivity index (χ4n) is 2.78. The van der Waals surface area contributed by atoms with E-state index in [4.69, 9.17) is 5.73 Å². The van der Waals surface area contributed by atoms with Gasteiger partial charge in [0.2, 0.25) is 10.0 Å². The van der Waals surface area contributed by atoms with E-state index in [1.54, 1.807) is 36.1 Å². The molecule has 0 aliphatic rings. The molecule has 0 unspecified atom stereocenters. The predicted molar refractivity (Wildman–Crippen MR) is 116 cm³/mol. The molecule has 154 valence electrons. The van der Waals surface area contributed by atoms with Gasteiger partial charge < -0.3 is 10.6 Å². The first-order chi connectivity index (χ1) is 12.9. The van der Waals surface area contributed by atoms with Gasteiger partial charge in [-0.2, -0.15) is 0 Å². The van der Waals surface area contributed by atoms with Crippen LogP contribution in [0.2, 0.25) is 0 Å². The summed E-state index contributed by atoms with van der Waals surface area (Å²) < 4.78 is 26.4. The molecule has 0 aliphatic carbocycles. The van der Waals surface area contributed by atoms with Crippen molar-refractivity contribution in [1.82, 2.24) is 4.90 Å². The SMILES string of the molecule is CCCS(=O)(=O)Nc1cccc(C(=O)N(CCN)CCc2ccccc2)c1.Cl. The number of nitrogens with two attached hydrogens (primary N) is 1. The molecule has 8 heteroatoms. The van der Waals surface area contributed by atoms with Crippen LogP contribution in [-0.4, -0.2) is 44.6 Å². The molecule has 2 rings (SSSR count). The van der Waals surface area contributed by atoms with E-state index in [1.165, 1.54) is 0 Å². The van der Waals surface area contributed by atoms with Crippen molar-refractivity contribution in [3.63, 3.8) is 0 Å². The first kappa shape index (κ1) is 23.9. The Kier molecular flexibility index (Phi) is 9.99. The summed E-state index contributed by atoms with van der Waals surface area (Å²) in [7, 11) is -3.40. The van der Waals surface area contributed by atoms with Gasteiger partial charge in [-0.15, -0.1) is 12.4 Å². The fraction of sp³-hybridized carbons (Fsp3) is 0.350. The van der Waals surface area contributed by atoms with Crippen LogP contribution >= 0.6 is 12.4 Å². The summed E-state index contributed by atoms with van der Waals surface area (Å²) in [6.07, 6.45) is 1.26. The predicted octanol–water partition coefficient (Wildman–Crippen LogP) is 2.90. The number of halogens is 1. The highest BCUT2D eigenvalue weighted by molar-refractivity contribution is 7.92. The molecule has 3 N–H and O–H groups in total. The van der Waals surface area contributed by atoms with Crippen molar-refractivity contribution in [2.45, 2.75) is 19.8 Å². The second-order valence-corrected chi connectivity index (χ2v) is 8.16. The molecule has 6 nitrogen and oxygen atoms in total. The zero-order chi connectivity index (χ0) is 19.7. The molecule has 0 aliphatic heterocycles. The number of hydrogen-bond donors (Lipinski definition) is 2. The van der Waals surface area contributed by atoms with Crippen LogP contribution in [0.1, 0.15) is 29.3 Å². The minimum atomic E-state index is -3.40. The summed E-state index contributed by atoms with van der Waals surface area (Å²) in [5.74, 6) is -0.116. The van der Waals surface area contributed by atoms with Crippen molar-refractivity contribution in [2.75, 3.05) is 30.1 Å². The smallest absolute Gasteiger partial charge is 0.253 e. The van der Waals surface area contributed by atoms with Gasteiger partial charge in [-0.25, -0.2) is 8.42 Å². The van der Waals surface area contributed by atoms with Crippen LogP contribution in [0.4, 0.5) is 5.69 Å². The first-order valence-corrected chi connectivity index (χ1v) is 10.7. The van der Waals surface area contributed by atoms with Gasteiger partial charge in [0.1, 0.15) is 0 Å². The lowest BCUT2D eigenvalue weighted by molar-refractivity contribution is 0.0762. The van der Waals surface area contributed by atoms with Crippen molar-refractivity contribution in [3.8, 4) is 0 Å². The molecule has 0 spiro atoms. The monoisotopic (exact) mass is 425 g/mol. The molecule has 0 atom stereocenters. The number of anilines is 1. The maximum absolute atomic E-state index is 12.9. The Labute approximate surface area is 173 Å². The van der Waals surface area contributed by atoms with Crippen LogP contribution in [0, 0.1) is 0 Å². The zero-order valence-corrected chi connectivity index (χ0v) is 17.6. The van der Waals surface area contributed by atoms with Crippen LogP contribution in [0.3, 0.4) is 0 Å². The Hall–Kier alpha value is -2.09. The van der Waals surface area contributed by atoms with E-state index in [9.17, 15) is 13.2 Å². The first-order valence-electron chi connectivity index (χ1n) is 9.09. The van der Waals surface area contributed by atoms with Crippen molar-refractivity contribution < 1.29 is 13.2 Å². The average Bonchev–Trinajstić information content (AvgIpc) is 2.65. The Morgan fingerprint density at radius 3 is 2.43 bits per heavy atom. The van der Waals surface area contributed by atoms with Gasteiger partial charge in [-0.05, 0) is 36.6 Å². The van der Waals surface area contributed by atoms with E-state index in [0.29, 0.717) is 37.3 Å². The number of nitrogens with zero attached hydrogens (tertiary/aromatic N) is 1. The number of nitrogens with one attached hydrogen (secondary N) is 1. The van der Waals surface area contributed by atoms with Crippen LogP contribution in [-0.2, 0) is 16.4 Å². The van der Waals surface area contributed by atoms with E-state index in [1.807, 2.05) is 30.3 Å². The van der Waals surface area contributed by atoms with Crippen LogP contribution in [0.25, 0.3) is 0 Å². The minimum absolute atomic E-state index is 0. The third-order valence-corrected chi connectivity index (χ3v) is 5.55. The van der Waals surface area contributed by atoms with E-state index in [-0.39, 0.29) is 24.1 Å². The molecule has 0 bridgehead atoms. The standard InChI is InChI=1S/C20H27N3O3S.ClH/c1-2-15-27(25,26)22-19-10-6-9-18(16-19)20(24)23(14-12-21)13-11-17-7-4-3-5-8-17;/h3-10,16,22H,2,11-15,21H2,1H3;1H. The van der Waals surface area contributed by atoms with Crippen LogP contribution < -0.4 is 10.5 Å². The summed E-state index contributed by atoms with van der Waals surface area (Å²) in [5, 5.41) is 0. The Morgan fingerprint density at radius 1 is 1.07 bits per heavy atom. The average molecular weight is 426 g/mol. The maximum Gasteiger partial charge on any atom is 0.253 e. The van der Waals surface area contributed by atoms with Crippen LogP contribution in [0.15, 0.2) is 54.6 Å². The number of carbonyl (C=O) groups is 1. The lowest BCUT2D eigenvalue weighted by atomic mass is 10.1. The van der Waals surface area contributed by atoms with Gasteiger partial charge in [0.25, 0.3) is 5.91 Å². The summed E-state index contributed by atoms with van der Waals surface area (Å²) >= 11 is 0. The van der Waals surface area contributed by atoms with Crippen LogP contribution in [0.5, 0.6) is 0 Å². The number of rotatable bonds is 10. The Balaban J connectivity index is 0.00000392. The fourth-order valence-corrected chi connectivity index (χ4v) is 3.90. The molecule has 0 radical (unpaired) electrons. The summed E-state index contributed by atoms with van der Waals surface area (Å²) in [4.78, 5) is 14.6. The lowest BCUT2D eigenvalue weighted by Gasteiger charge is -2.22. The second kappa shape index (κ2) is 11.7. The third kappa shape index (κ3) is 7.50. The topological polar surface area (TPSA) is 92.5 Å². The molecule has 2 aromatic carbocycles. The molecule has 0 saturated carbocycles. The molecule has 0 saturated heterocycles. The van der Waals surface area contributed by atoms with Gasteiger partial charge in [0.05, 0.1) is 5.75 Å². The normalized spacial score (nSPS) is 10.8. The largest absolute Gasteiger partial charge is 0.337 e. The van der Waals surface area contributed by atoms with Crippen molar-refractivity contribution in [3.05, 3.63) is 65.7 Å². The Morgan fingerprint density at radius 2 is 1.79 bits per heavy atom. The highest BCUT2D eigenvalue weighted by atomic mass is 35.5. The van der Waals surface area contributed by atoms with Crippen molar-refractivity contribution in [2.24, 2.45) is 5.73 Å². The third-order valence-electron chi connectivity index (χ3n) is 4.06. The zero-order valence-electron chi connectivity index (χ0n) is 16.0. The van der Waals surface area contributed by atoms with E-state index in [0.717, 1.165) is 12.0 Å². The maximum atomic E-state index is 12.9. The number of benzene rings is 2. The molecule has 0 aromatic heterocycles. The highest BCUT2D eigenvalue weighted by Crippen LogP contribution is 2.15. The van der Waals surface area contributed by atoms with Gasteiger partial charge in [-0.1, -0.05) is 43.3 Å². The van der Waals surface area contributed by atoms with E-state index < -0.39 is 10.0 Å². The molecular formula is C20H28ClN3O3S. The summed E-state index contributed by atoms with van der Waals surface area (Å²) in [5.41, 5.74) is 7.65. The summed E-state index contributed by atoms with van der Waals surface area (Å²) in [6, 6.07) is 16.5. The number of carbonyl (C=O) groups excluding carboxylic acids is 1. The van der Waals surface area contributed by atoms with Gasteiger partial charge in [-0.3, -0.25) is 9.52 Å². The van der Waals surface area contributed by atoms with Crippen molar-refractivity contribution >= 4 is 34.0 Å². The van der Waals surface area contributed by atoms with Gasteiger partial charge in [0, 0.05) is 30.9 Å². The van der Waals surface area contributed by atoms with Gasteiger partial charge in [0.15, 0.2) is 0 Å². The molecule has 1 amide bonds. The lowest BCUT2D eigenvalue weighted by Crippen LogP contribution is -2.37.